The highest BCUT2D eigenvalue weighted by Crippen LogP contribution is 2.08. The lowest BCUT2D eigenvalue weighted by atomic mass is 10.1. The summed E-state index contributed by atoms with van der Waals surface area (Å²) in [5, 5.41) is 2.69. The van der Waals surface area contributed by atoms with Gasteiger partial charge in [-0.2, -0.15) is 0 Å². The minimum absolute atomic E-state index is 0.176. The molecule has 106 valence electrons. The molecule has 1 N–H and O–H groups in total. The number of rotatable bonds is 6. The molecule has 1 saturated heterocycles. The second kappa shape index (κ2) is 7.30. The minimum atomic E-state index is -0.856. The number of nitrogens with zero attached hydrogens (tertiary/aromatic N) is 3. The molecule has 0 unspecified atom stereocenters. The number of nitrogens with one attached hydrogen (secondary N) is 1. The maximum atomic E-state index is 12.0. The highest BCUT2D eigenvalue weighted by Gasteiger charge is 2.36. The Bertz CT molecular complexity index is 395. The molecule has 0 aromatic heterocycles. The highest BCUT2D eigenvalue weighted by atomic mass is 32.1. The lowest BCUT2D eigenvalue weighted by Crippen LogP contribution is -2.58. The summed E-state index contributed by atoms with van der Waals surface area (Å²) in [6, 6.07) is 0. The predicted molar refractivity (Wildman–Crippen MR) is 78.1 cm³/mol. The van der Waals surface area contributed by atoms with Crippen LogP contribution in [0.1, 0.15) is 13.3 Å². The van der Waals surface area contributed by atoms with Gasteiger partial charge < -0.3 is 10.2 Å². The van der Waals surface area contributed by atoms with Crippen LogP contribution in [0, 0.1) is 5.92 Å². The zero-order valence-corrected chi connectivity index (χ0v) is 12.4. The van der Waals surface area contributed by atoms with Gasteiger partial charge in [0.15, 0.2) is 11.0 Å². The Kier molecular flexibility index (Phi) is 6.04. The smallest absolute Gasteiger partial charge is 0.246 e. The van der Waals surface area contributed by atoms with E-state index in [1.54, 1.807) is 0 Å². The molecule has 7 heteroatoms. The molecular formula is C12H20N4O2S. The van der Waals surface area contributed by atoms with Crippen molar-refractivity contribution in [1.29, 1.82) is 0 Å². The van der Waals surface area contributed by atoms with Crippen LogP contribution in [0.5, 0.6) is 0 Å². The van der Waals surface area contributed by atoms with Crippen LogP contribution in [-0.4, -0.2) is 66.7 Å². The van der Waals surface area contributed by atoms with E-state index in [1.807, 2.05) is 21.0 Å². The van der Waals surface area contributed by atoms with Gasteiger partial charge >= 0.3 is 0 Å². The van der Waals surface area contributed by atoms with E-state index in [4.69, 9.17) is 12.2 Å². The molecule has 0 aliphatic carbocycles. The third-order valence-corrected chi connectivity index (χ3v) is 3.08. The van der Waals surface area contributed by atoms with Gasteiger partial charge in [0, 0.05) is 19.3 Å². The molecule has 1 rings (SSSR count). The van der Waals surface area contributed by atoms with E-state index in [9.17, 15) is 9.59 Å². The van der Waals surface area contributed by atoms with Crippen LogP contribution in [0.15, 0.2) is 4.99 Å². The van der Waals surface area contributed by atoms with Crippen LogP contribution in [0.3, 0.4) is 0 Å². The molecule has 1 heterocycles. The van der Waals surface area contributed by atoms with Gasteiger partial charge in [-0.15, -0.1) is 0 Å². The van der Waals surface area contributed by atoms with E-state index in [0.717, 1.165) is 13.0 Å². The van der Waals surface area contributed by atoms with Crippen molar-refractivity contribution in [3.8, 4) is 0 Å². The Morgan fingerprint density at radius 3 is 2.74 bits per heavy atom. The number of carbonyl (C=O) groups excluding carboxylic acids is 2. The number of hydrogen-bond acceptors (Lipinski definition) is 5. The van der Waals surface area contributed by atoms with Gasteiger partial charge in [-0.05, 0) is 46.2 Å². The van der Waals surface area contributed by atoms with E-state index < -0.39 is 11.8 Å². The van der Waals surface area contributed by atoms with Crippen LogP contribution >= 0.6 is 12.2 Å². The molecule has 0 bridgehead atoms. The van der Waals surface area contributed by atoms with Gasteiger partial charge in [-0.1, -0.05) is 0 Å². The van der Waals surface area contributed by atoms with Crippen LogP contribution in [0.2, 0.25) is 0 Å². The molecule has 1 aliphatic heterocycles. The first-order valence-electron chi connectivity index (χ1n) is 6.28. The molecule has 0 radical (unpaired) electrons. The maximum Gasteiger partial charge on any atom is 0.246 e. The molecule has 1 fully saturated rings. The molecule has 0 aromatic carbocycles. The largest absolute Gasteiger partial charge is 0.309 e. The monoisotopic (exact) mass is 284 g/mol. The molecule has 6 nitrogen and oxygen atoms in total. The van der Waals surface area contributed by atoms with Crippen molar-refractivity contribution in [1.82, 2.24) is 15.1 Å². The first-order valence-corrected chi connectivity index (χ1v) is 6.69. The predicted octanol–water partition coefficient (Wildman–Crippen LogP) is -0.112. The summed E-state index contributed by atoms with van der Waals surface area (Å²) in [5.41, 5.74) is 0. The Morgan fingerprint density at radius 1 is 1.47 bits per heavy atom. The third kappa shape index (κ3) is 4.36. The van der Waals surface area contributed by atoms with Crippen molar-refractivity contribution in [3.63, 3.8) is 0 Å². The van der Waals surface area contributed by atoms with Crippen LogP contribution in [-0.2, 0) is 9.59 Å². The van der Waals surface area contributed by atoms with Crippen molar-refractivity contribution >= 4 is 35.4 Å². The van der Waals surface area contributed by atoms with Gasteiger partial charge in [0.25, 0.3) is 0 Å². The fourth-order valence-electron chi connectivity index (χ4n) is 1.72. The molecule has 2 amide bonds. The van der Waals surface area contributed by atoms with Gasteiger partial charge in [-0.25, -0.2) is 0 Å². The van der Waals surface area contributed by atoms with Gasteiger partial charge in [0.2, 0.25) is 11.8 Å². The first-order chi connectivity index (χ1) is 8.97. The Labute approximate surface area is 118 Å². The topological polar surface area (TPSA) is 65.0 Å². The van der Waals surface area contributed by atoms with Crippen molar-refractivity contribution < 1.29 is 9.59 Å². The Morgan fingerprint density at radius 2 is 2.16 bits per heavy atom. The second-order valence-electron chi connectivity index (χ2n) is 4.57. The minimum Gasteiger partial charge on any atom is -0.309 e. The summed E-state index contributed by atoms with van der Waals surface area (Å²) >= 11 is 4.94. The van der Waals surface area contributed by atoms with Crippen LogP contribution in [0.25, 0.3) is 0 Å². The standard InChI is InChI=1S/C12H20N4O2S/c1-4-16-11(18)9(10(17)14-12(16)19)8-13-6-5-7-15(2)3/h8-9H,4-7H2,1-3H3,(H,14,17,19)/t9-/m1/s1. The SMILES string of the molecule is CCN1C(=O)[C@H](C=NCCCN(C)C)C(=O)NC1=S. The van der Waals surface area contributed by atoms with Crippen molar-refractivity contribution in [3.05, 3.63) is 0 Å². The van der Waals surface area contributed by atoms with Crippen LogP contribution in [0.4, 0.5) is 0 Å². The number of amides is 2. The lowest BCUT2D eigenvalue weighted by molar-refractivity contribution is -0.137. The summed E-state index contributed by atoms with van der Waals surface area (Å²) in [7, 11) is 3.98. The first kappa shape index (κ1) is 15.7. The van der Waals surface area contributed by atoms with Gasteiger partial charge in [0.05, 0.1) is 0 Å². The van der Waals surface area contributed by atoms with Gasteiger partial charge in [-0.3, -0.25) is 19.5 Å². The lowest BCUT2D eigenvalue weighted by Gasteiger charge is -2.29. The average molecular weight is 284 g/mol. The molecule has 1 aliphatic rings. The molecule has 0 saturated carbocycles. The third-order valence-electron chi connectivity index (χ3n) is 2.75. The number of thiocarbonyl (C=S) groups is 1. The van der Waals surface area contributed by atoms with E-state index in [2.05, 4.69) is 15.2 Å². The summed E-state index contributed by atoms with van der Waals surface area (Å²) in [6.45, 7) is 3.79. The summed E-state index contributed by atoms with van der Waals surface area (Å²) < 4.78 is 0. The summed E-state index contributed by atoms with van der Waals surface area (Å²) in [4.78, 5) is 31.3. The Hall–Kier alpha value is -1.34. The highest BCUT2D eigenvalue weighted by molar-refractivity contribution is 7.80. The fraction of sp³-hybridized carbons (Fsp3) is 0.667. The van der Waals surface area contributed by atoms with E-state index in [-0.39, 0.29) is 11.0 Å². The normalized spacial score (nSPS) is 20.5. The Balaban J connectivity index is 2.56. The molecular weight excluding hydrogens is 264 g/mol. The van der Waals surface area contributed by atoms with E-state index in [0.29, 0.717) is 13.1 Å². The second-order valence-corrected chi connectivity index (χ2v) is 4.95. The quantitative estimate of drug-likeness (QED) is 0.320. The molecule has 1 atom stereocenters. The molecule has 0 spiro atoms. The van der Waals surface area contributed by atoms with Crippen molar-refractivity contribution in [2.75, 3.05) is 33.7 Å². The zero-order chi connectivity index (χ0) is 14.4. The van der Waals surface area contributed by atoms with Gasteiger partial charge in [0.1, 0.15) is 0 Å². The fourth-order valence-corrected chi connectivity index (χ4v) is 2.04. The number of hydrogen-bond donors (Lipinski definition) is 1. The van der Waals surface area contributed by atoms with Crippen molar-refractivity contribution in [2.24, 2.45) is 10.9 Å². The van der Waals surface area contributed by atoms with Crippen molar-refractivity contribution in [2.45, 2.75) is 13.3 Å². The average Bonchev–Trinajstić information content (AvgIpc) is 2.32. The van der Waals surface area contributed by atoms with E-state index >= 15 is 0 Å². The summed E-state index contributed by atoms with van der Waals surface area (Å²) in [6.07, 6.45) is 2.32. The van der Waals surface area contributed by atoms with E-state index in [1.165, 1.54) is 11.1 Å². The zero-order valence-electron chi connectivity index (χ0n) is 11.5. The number of carbonyl (C=O) groups is 2. The summed E-state index contributed by atoms with van der Waals surface area (Å²) in [5.74, 6) is -1.55. The number of aliphatic imine (C=N–C) groups is 1. The maximum absolute atomic E-state index is 12.0. The molecule has 0 aromatic rings. The molecule has 19 heavy (non-hydrogen) atoms. The van der Waals surface area contributed by atoms with Crippen LogP contribution < -0.4 is 5.32 Å².